The summed E-state index contributed by atoms with van der Waals surface area (Å²) in [5.41, 5.74) is 2.78. The number of hydrogen-bond donors (Lipinski definition) is 1. The summed E-state index contributed by atoms with van der Waals surface area (Å²) in [6.45, 7) is 3.88. The molecule has 0 aliphatic rings. The number of rotatable bonds is 6. The molecule has 3 heteroatoms. The molecule has 0 radical (unpaired) electrons. The van der Waals surface area contributed by atoms with Crippen molar-refractivity contribution in [2.75, 3.05) is 12.4 Å². The predicted molar refractivity (Wildman–Crippen MR) is 85.5 cm³/mol. The van der Waals surface area contributed by atoms with Crippen molar-refractivity contribution < 1.29 is 9.13 Å². The van der Waals surface area contributed by atoms with Crippen molar-refractivity contribution in [3.05, 3.63) is 59.4 Å². The van der Waals surface area contributed by atoms with Crippen LogP contribution in [-0.4, -0.2) is 13.2 Å². The zero-order valence-electron chi connectivity index (χ0n) is 12.8. The predicted octanol–water partition coefficient (Wildman–Crippen LogP) is 4.58. The van der Waals surface area contributed by atoms with Crippen LogP contribution in [-0.2, 0) is 6.42 Å². The van der Waals surface area contributed by atoms with E-state index < -0.39 is 0 Å². The van der Waals surface area contributed by atoms with Crippen molar-refractivity contribution in [2.45, 2.75) is 32.7 Å². The van der Waals surface area contributed by atoms with Crippen molar-refractivity contribution >= 4 is 5.69 Å². The fourth-order valence-corrected chi connectivity index (χ4v) is 2.21. The topological polar surface area (TPSA) is 21.3 Å². The summed E-state index contributed by atoms with van der Waals surface area (Å²) >= 11 is 0. The van der Waals surface area contributed by atoms with Crippen LogP contribution in [0, 0.1) is 12.7 Å². The molecule has 0 fully saturated rings. The van der Waals surface area contributed by atoms with Gasteiger partial charge in [0.1, 0.15) is 11.6 Å². The van der Waals surface area contributed by atoms with E-state index in [-0.39, 0.29) is 11.9 Å². The molecule has 0 saturated carbocycles. The second-order valence-corrected chi connectivity index (χ2v) is 5.40. The highest BCUT2D eigenvalue weighted by atomic mass is 19.1. The third-order valence-electron chi connectivity index (χ3n) is 3.61. The molecule has 0 aromatic heterocycles. The van der Waals surface area contributed by atoms with Gasteiger partial charge >= 0.3 is 0 Å². The van der Waals surface area contributed by atoms with Crippen LogP contribution in [0.1, 0.15) is 24.5 Å². The molecular formula is C18H22FNO. The molecule has 1 unspecified atom stereocenters. The highest BCUT2D eigenvalue weighted by molar-refractivity contribution is 5.45. The van der Waals surface area contributed by atoms with Crippen molar-refractivity contribution in [3.8, 4) is 5.75 Å². The van der Waals surface area contributed by atoms with E-state index in [0.717, 1.165) is 24.3 Å². The molecule has 21 heavy (non-hydrogen) atoms. The molecule has 0 bridgehead atoms. The van der Waals surface area contributed by atoms with E-state index in [9.17, 15) is 4.39 Å². The first-order valence-electron chi connectivity index (χ1n) is 7.24. The van der Waals surface area contributed by atoms with Crippen molar-refractivity contribution in [3.63, 3.8) is 0 Å². The number of methoxy groups -OCH3 is 1. The lowest BCUT2D eigenvalue weighted by molar-refractivity contribution is 0.414. The average Bonchev–Trinajstić information content (AvgIpc) is 2.49. The van der Waals surface area contributed by atoms with Gasteiger partial charge in [0.2, 0.25) is 0 Å². The molecule has 1 atom stereocenters. The Morgan fingerprint density at radius 2 is 1.86 bits per heavy atom. The van der Waals surface area contributed by atoms with Gasteiger partial charge in [-0.3, -0.25) is 0 Å². The van der Waals surface area contributed by atoms with Gasteiger partial charge in [0.05, 0.1) is 7.11 Å². The van der Waals surface area contributed by atoms with E-state index in [2.05, 4.69) is 24.4 Å². The number of benzene rings is 2. The first kappa shape index (κ1) is 15.4. The summed E-state index contributed by atoms with van der Waals surface area (Å²) in [5.74, 6) is 0.711. The zero-order chi connectivity index (χ0) is 15.2. The Morgan fingerprint density at radius 3 is 2.48 bits per heavy atom. The first-order valence-corrected chi connectivity index (χ1v) is 7.24. The lowest BCUT2D eigenvalue weighted by Gasteiger charge is -2.16. The van der Waals surface area contributed by atoms with E-state index in [4.69, 9.17) is 4.74 Å². The molecule has 0 saturated heterocycles. The number of anilines is 1. The minimum atomic E-state index is -0.164. The summed E-state index contributed by atoms with van der Waals surface area (Å²) in [6.07, 6.45) is 1.97. The van der Waals surface area contributed by atoms with E-state index in [1.807, 2.05) is 18.2 Å². The second-order valence-electron chi connectivity index (χ2n) is 5.40. The third kappa shape index (κ3) is 4.48. The van der Waals surface area contributed by atoms with Crippen LogP contribution in [0.15, 0.2) is 42.5 Å². The van der Waals surface area contributed by atoms with Crippen molar-refractivity contribution in [1.29, 1.82) is 0 Å². The van der Waals surface area contributed by atoms with E-state index in [1.165, 1.54) is 5.56 Å². The molecule has 0 aliphatic carbocycles. The molecule has 112 valence electrons. The van der Waals surface area contributed by atoms with Crippen LogP contribution in [0.3, 0.4) is 0 Å². The Labute approximate surface area is 126 Å². The van der Waals surface area contributed by atoms with Gasteiger partial charge in [0, 0.05) is 11.7 Å². The lowest BCUT2D eigenvalue weighted by Crippen LogP contribution is -2.16. The van der Waals surface area contributed by atoms with Crippen LogP contribution in [0.25, 0.3) is 0 Å². The Balaban J connectivity index is 1.86. The van der Waals surface area contributed by atoms with Crippen molar-refractivity contribution in [1.82, 2.24) is 0 Å². The molecule has 0 amide bonds. The summed E-state index contributed by atoms with van der Waals surface area (Å²) < 4.78 is 18.6. The second kappa shape index (κ2) is 7.11. The maximum Gasteiger partial charge on any atom is 0.128 e. The summed E-state index contributed by atoms with van der Waals surface area (Å²) in [5, 5.41) is 3.34. The largest absolute Gasteiger partial charge is 0.497 e. The Morgan fingerprint density at radius 1 is 1.14 bits per heavy atom. The summed E-state index contributed by atoms with van der Waals surface area (Å²) in [7, 11) is 1.67. The minimum Gasteiger partial charge on any atom is -0.497 e. The monoisotopic (exact) mass is 287 g/mol. The zero-order valence-corrected chi connectivity index (χ0v) is 12.8. The standard InChI is InChI=1S/C18H22FNO/c1-13-4-9-16(12-18(13)19)20-14(2)5-6-15-7-10-17(21-3)11-8-15/h4,7-12,14,20H,5-6H2,1-3H3. The summed E-state index contributed by atoms with van der Waals surface area (Å²) in [6, 6.07) is 13.7. The molecule has 2 aromatic rings. The third-order valence-corrected chi connectivity index (χ3v) is 3.61. The Kier molecular flexibility index (Phi) is 5.20. The van der Waals surface area contributed by atoms with E-state index in [0.29, 0.717) is 5.56 Å². The number of hydrogen-bond acceptors (Lipinski definition) is 2. The molecule has 2 rings (SSSR count). The Hall–Kier alpha value is -2.03. The van der Waals surface area contributed by atoms with Crippen LogP contribution in [0.2, 0.25) is 0 Å². The smallest absolute Gasteiger partial charge is 0.128 e. The number of ether oxygens (including phenoxy) is 1. The van der Waals surface area contributed by atoms with Gasteiger partial charge in [-0.15, -0.1) is 0 Å². The lowest BCUT2D eigenvalue weighted by atomic mass is 10.1. The van der Waals surface area contributed by atoms with Crippen LogP contribution >= 0.6 is 0 Å². The van der Waals surface area contributed by atoms with E-state index in [1.54, 1.807) is 26.2 Å². The molecule has 2 aromatic carbocycles. The highest BCUT2D eigenvalue weighted by Gasteiger charge is 2.05. The molecule has 0 aliphatic heterocycles. The average molecular weight is 287 g/mol. The Bertz CT molecular complexity index is 580. The molecule has 1 N–H and O–H groups in total. The van der Waals surface area contributed by atoms with Gasteiger partial charge in [-0.1, -0.05) is 18.2 Å². The van der Waals surface area contributed by atoms with Crippen LogP contribution < -0.4 is 10.1 Å². The molecule has 2 nitrogen and oxygen atoms in total. The number of halogens is 1. The van der Waals surface area contributed by atoms with Gasteiger partial charge in [0.25, 0.3) is 0 Å². The highest BCUT2D eigenvalue weighted by Crippen LogP contribution is 2.17. The number of aryl methyl sites for hydroxylation is 2. The van der Waals surface area contributed by atoms with Crippen LogP contribution in [0.5, 0.6) is 5.75 Å². The van der Waals surface area contributed by atoms with Crippen molar-refractivity contribution in [2.24, 2.45) is 0 Å². The SMILES string of the molecule is COc1ccc(CCC(C)Nc2ccc(C)c(F)c2)cc1. The van der Waals surface area contributed by atoms with Gasteiger partial charge in [-0.2, -0.15) is 0 Å². The van der Waals surface area contributed by atoms with Gasteiger partial charge in [-0.05, 0) is 62.1 Å². The molecular weight excluding hydrogens is 265 g/mol. The van der Waals surface area contributed by atoms with Gasteiger partial charge in [0.15, 0.2) is 0 Å². The quantitative estimate of drug-likeness (QED) is 0.840. The minimum absolute atomic E-state index is 0.164. The normalized spacial score (nSPS) is 12.0. The van der Waals surface area contributed by atoms with Gasteiger partial charge < -0.3 is 10.1 Å². The van der Waals surface area contributed by atoms with Gasteiger partial charge in [-0.25, -0.2) is 4.39 Å². The molecule has 0 heterocycles. The fraction of sp³-hybridized carbons (Fsp3) is 0.333. The maximum atomic E-state index is 13.5. The molecule has 0 spiro atoms. The summed E-state index contributed by atoms with van der Waals surface area (Å²) in [4.78, 5) is 0. The van der Waals surface area contributed by atoms with E-state index >= 15 is 0 Å². The fourth-order valence-electron chi connectivity index (χ4n) is 2.21. The number of nitrogens with one attached hydrogen (secondary N) is 1. The van der Waals surface area contributed by atoms with Crippen LogP contribution in [0.4, 0.5) is 10.1 Å². The first-order chi connectivity index (χ1) is 10.1. The maximum absolute atomic E-state index is 13.5.